The van der Waals surface area contributed by atoms with E-state index in [1.165, 1.54) is 10.9 Å². The van der Waals surface area contributed by atoms with Crippen molar-refractivity contribution in [2.45, 2.75) is 12.6 Å². The predicted molar refractivity (Wildman–Crippen MR) is 92.0 cm³/mol. The lowest BCUT2D eigenvalue weighted by Crippen LogP contribution is -2.58. The van der Waals surface area contributed by atoms with Gasteiger partial charge in [0.15, 0.2) is 0 Å². The molecule has 126 valence electrons. The van der Waals surface area contributed by atoms with E-state index in [0.29, 0.717) is 29.8 Å². The van der Waals surface area contributed by atoms with Crippen LogP contribution in [0.15, 0.2) is 53.7 Å². The summed E-state index contributed by atoms with van der Waals surface area (Å²) in [5, 5.41) is 11.5. The van der Waals surface area contributed by atoms with Crippen LogP contribution in [0.1, 0.15) is 0 Å². The summed E-state index contributed by atoms with van der Waals surface area (Å²) in [6, 6.07) is 10.9. The molecule has 25 heavy (non-hydrogen) atoms. The number of aromatic nitrogens is 4. The molecule has 1 fully saturated rings. The van der Waals surface area contributed by atoms with Gasteiger partial charge in [0, 0.05) is 19.3 Å². The van der Waals surface area contributed by atoms with E-state index >= 15 is 0 Å². The highest BCUT2D eigenvalue weighted by Gasteiger charge is 2.30. The van der Waals surface area contributed by atoms with Crippen LogP contribution in [0.25, 0.3) is 10.9 Å². The number of amides is 1. The van der Waals surface area contributed by atoms with Gasteiger partial charge in [-0.25, -0.2) is 4.98 Å². The topological polar surface area (TPSA) is 93.0 Å². The van der Waals surface area contributed by atoms with Crippen LogP contribution in [0.5, 0.6) is 0 Å². The van der Waals surface area contributed by atoms with Gasteiger partial charge in [0.1, 0.15) is 12.4 Å². The quantitative estimate of drug-likeness (QED) is 0.746. The third-order valence-corrected chi connectivity index (χ3v) is 4.20. The molecular formula is C17H16N6O2. The van der Waals surface area contributed by atoms with Gasteiger partial charge in [0.25, 0.3) is 5.56 Å². The molecule has 8 nitrogen and oxygen atoms in total. The van der Waals surface area contributed by atoms with Crippen LogP contribution < -0.4 is 10.9 Å². The van der Waals surface area contributed by atoms with Gasteiger partial charge >= 0.3 is 0 Å². The molecule has 1 aromatic carbocycles. The molecule has 0 radical (unpaired) electrons. The van der Waals surface area contributed by atoms with Crippen molar-refractivity contribution in [3.05, 3.63) is 59.3 Å². The number of benzene rings is 1. The van der Waals surface area contributed by atoms with Crippen molar-refractivity contribution in [1.29, 1.82) is 0 Å². The molecule has 0 bridgehead atoms. The summed E-state index contributed by atoms with van der Waals surface area (Å²) in [6.07, 6.45) is 3.04. The Kier molecular flexibility index (Phi) is 3.85. The average Bonchev–Trinajstić information content (AvgIpc) is 2.61. The molecule has 3 aromatic rings. The lowest BCUT2D eigenvalue weighted by Gasteiger charge is -2.39. The first-order chi connectivity index (χ1) is 12.2. The van der Waals surface area contributed by atoms with E-state index in [1.54, 1.807) is 35.4 Å². The Labute approximate surface area is 143 Å². The van der Waals surface area contributed by atoms with Crippen molar-refractivity contribution in [2.24, 2.45) is 0 Å². The summed E-state index contributed by atoms with van der Waals surface area (Å²) in [7, 11) is 0. The molecule has 1 N–H and O–H groups in total. The number of fused-ring (bicyclic) bond motifs is 1. The number of nitrogens with one attached hydrogen (secondary N) is 1. The highest BCUT2D eigenvalue weighted by atomic mass is 16.2. The van der Waals surface area contributed by atoms with Crippen molar-refractivity contribution in [1.82, 2.24) is 24.6 Å². The first kappa shape index (κ1) is 15.3. The number of hydrogen-bond acceptors (Lipinski definition) is 6. The van der Waals surface area contributed by atoms with Gasteiger partial charge in [-0.15, -0.1) is 5.10 Å². The summed E-state index contributed by atoms with van der Waals surface area (Å²) in [6.45, 7) is 1.14. The number of anilines is 1. The Balaban J connectivity index is 1.39. The number of carbonyl (C=O) groups is 1. The monoisotopic (exact) mass is 336 g/mol. The maximum Gasteiger partial charge on any atom is 0.261 e. The summed E-state index contributed by atoms with van der Waals surface area (Å²) >= 11 is 0. The van der Waals surface area contributed by atoms with Gasteiger partial charge in [-0.05, 0) is 24.3 Å². The Hall–Kier alpha value is -3.29. The van der Waals surface area contributed by atoms with Gasteiger partial charge < -0.3 is 10.2 Å². The first-order valence-corrected chi connectivity index (χ1v) is 7.97. The largest absolute Gasteiger partial charge is 0.362 e. The molecule has 1 aliphatic rings. The third kappa shape index (κ3) is 3.06. The van der Waals surface area contributed by atoms with Crippen LogP contribution in [0.2, 0.25) is 0 Å². The van der Waals surface area contributed by atoms with Gasteiger partial charge in [0.05, 0.1) is 23.3 Å². The molecule has 1 amide bonds. The first-order valence-electron chi connectivity index (χ1n) is 7.97. The fraction of sp³-hybridized carbons (Fsp3) is 0.235. The standard InChI is InChI=1S/C17H16N6O2/c24-16(22-8-12(9-22)20-15-6-3-7-19-21-15)10-23-11-18-14-5-2-1-4-13(14)17(23)25/h1-7,11-12H,8-10H2,(H,20,21). The Morgan fingerprint density at radius 2 is 2.04 bits per heavy atom. The Morgan fingerprint density at radius 1 is 1.20 bits per heavy atom. The van der Waals surface area contributed by atoms with Crippen molar-refractivity contribution < 1.29 is 4.79 Å². The van der Waals surface area contributed by atoms with Crippen molar-refractivity contribution in [3.8, 4) is 0 Å². The number of carbonyl (C=O) groups excluding carboxylic acids is 1. The maximum atomic E-state index is 12.4. The van der Waals surface area contributed by atoms with Crippen molar-refractivity contribution in [3.63, 3.8) is 0 Å². The number of para-hydroxylation sites is 1. The maximum absolute atomic E-state index is 12.4. The summed E-state index contributed by atoms with van der Waals surface area (Å²) in [5.74, 6) is 0.589. The fourth-order valence-corrected chi connectivity index (χ4v) is 2.83. The molecule has 4 rings (SSSR count). The molecule has 2 aromatic heterocycles. The molecule has 1 saturated heterocycles. The molecular weight excluding hydrogens is 320 g/mol. The zero-order valence-corrected chi connectivity index (χ0v) is 13.4. The van der Waals surface area contributed by atoms with Crippen LogP contribution in [0.4, 0.5) is 5.82 Å². The number of hydrogen-bond donors (Lipinski definition) is 1. The van der Waals surface area contributed by atoms with Crippen molar-refractivity contribution >= 4 is 22.6 Å². The van der Waals surface area contributed by atoms with Crippen molar-refractivity contribution in [2.75, 3.05) is 18.4 Å². The molecule has 0 spiro atoms. The summed E-state index contributed by atoms with van der Waals surface area (Å²) in [5.41, 5.74) is 0.432. The van der Waals surface area contributed by atoms with Crippen LogP contribution in [-0.2, 0) is 11.3 Å². The molecule has 0 unspecified atom stereocenters. The van der Waals surface area contributed by atoms with E-state index in [9.17, 15) is 9.59 Å². The number of nitrogens with zero attached hydrogens (tertiary/aromatic N) is 5. The highest BCUT2D eigenvalue weighted by Crippen LogP contribution is 2.13. The minimum atomic E-state index is -0.200. The molecule has 3 heterocycles. The smallest absolute Gasteiger partial charge is 0.261 e. The third-order valence-electron chi connectivity index (χ3n) is 4.20. The van der Waals surface area contributed by atoms with Gasteiger partial charge in [-0.1, -0.05) is 12.1 Å². The zero-order valence-electron chi connectivity index (χ0n) is 13.4. The molecule has 1 aliphatic heterocycles. The van der Waals surface area contributed by atoms with Crippen LogP contribution >= 0.6 is 0 Å². The second kappa shape index (κ2) is 6.31. The van der Waals surface area contributed by atoms with Crippen LogP contribution in [0.3, 0.4) is 0 Å². The highest BCUT2D eigenvalue weighted by molar-refractivity contribution is 5.79. The summed E-state index contributed by atoms with van der Waals surface area (Å²) in [4.78, 5) is 30.7. The lowest BCUT2D eigenvalue weighted by atomic mass is 10.1. The fourth-order valence-electron chi connectivity index (χ4n) is 2.83. The second-order valence-corrected chi connectivity index (χ2v) is 5.94. The molecule has 0 saturated carbocycles. The predicted octanol–water partition coefficient (Wildman–Crippen LogP) is 0.509. The number of likely N-dealkylation sites (tertiary alicyclic amines) is 1. The van der Waals surface area contributed by atoms with Crippen LogP contribution in [0, 0.1) is 0 Å². The molecule has 0 aliphatic carbocycles. The SMILES string of the molecule is O=C(Cn1cnc2ccccc2c1=O)N1CC(Nc2cccnn2)C1. The average molecular weight is 336 g/mol. The molecule has 0 atom stereocenters. The minimum absolute atomic E-state index is 0.00543. The summed E-state index contributed by atoms with van der Waals surface area (Å²) < 4.78 is 1.36. The van der Waals surface area contributed by atoms with E-state index in [-0.39, 0.29) is 24.1 Å². The Morgan fingerprint density at radius 3 is 2.84 bits per heavy atom. The normalized spacial score (nSPS) is 14.3. The van der Waals surface area contributed by atoms with Crippen LogP contribution in [-0.4, -0.2) is 49.7 Å². The number of rotatable bonds is 4. The zero-order chi connectivity index (χ0) is 17.2. The van der Waals surface area contributed by atoms with Gasteiger partial charge in [-0.3, -0.25) is 14.2 Å². The van der Waals surface area contributed by atoms with E-state index in [0.717, 1.165) is 0 Å². The van der Waals surface area contributed by atoms with Gasteiger partial charge in [0.2, 0.25) is 5.91 Å². The molecule has 8 heteroatoms. The van der Waals surface area contributed by atoms with E-state index in [4.69, 9.17) is 0 Å². The Bertz CT molecular complexity index is 966. The van der Waals surface area contributed by atoms with E-state index in [1.807, 2.05) is 12.1 Å². The second-order valence-electron chi connectivity index (χ2n) is 5.94. The minimum Gasteiger partial charge on any atom is -0.362 e. The van der Waals surface area contributed by atoms with E-state index in [2.05, 4.69) is 20.5 Å². The van der Waals surface area contributed by atoms with E-state index < -0.39 is 0 Å². The lowest BCUT2D eigenvalue weighted by molar-refractivity contribution is -0.135. The van der Waals surface area contributed by atoms with Gasteiger partial charge in [-0.2, -0.15) is 5.10 Å².